The van der Waals surface area contributed by atoms with Crippen molar-refractivity contribution in [1.29, 1.82) is 0 Å². The fourth-order valence-corrected chi connectivity index (χ4v) is 2.89. The lowest BCUT2D eigenvalue weighted by molar-refractivity contribution is -0.0113. The molecule has 6 heteroatoms. The molecule has 26 heavy (non-hydrogen) atoms. The summed E-state index contributed by atoms with van der Waals surface area (Å²) in [6.45, 7) is 7.87. The molecule has 1 aromatic carbocycles. The number of rotatable bonds is 3. The summed E-state index contributed by atoms with van der Waals surface area (Å²) in [4.78, 5) is 23.0. The molecule has 2 amide bonds. The molecule has 0 radical (unpaired) electrons. The van der Waals surface area contributed by atoms with Crippen LogP contribution in [0.1, 0.15) is 32.2 Å². The van der Waals surface area contributed by atoms with Gasteiger partial charge in [-0.15, -0.1) is 0 Å². The molecule has 1 saturated heterocycles. The van der Waals surface area contributed by atoms with Gasteiger partial charge in [-0.1, -0.05) is 51.1 Å². The molecule has 3 rings (SSSR count). The van der Waals surface area contributed by atoms with E-state index in [-0.39, 0.29) is 17.6 Å². The van der Waals surface area contributed by atoms with Crippen molar-refractivity contribution < 1.29 is 9.53 Å². The molecule has 1 unspecified atom stereocenters. The SMILES string of the molecule is CC(C)(C)c1ncc(NC(=O)N2CCOC(Cc3ccccc3)C2)cn1. The molecule has 0 aliphatic carbocycles. The standard InChI is InChI=1S/C20H26N4O2/c1-20(2,3)18-21-12-16(13-22-18)23-19(25)24-9-10-26-17(14-24)11-15-7-5-4-6-8-15/h4-8,12-13,17H,9-11,14H2,1-3H3,(H,23,25). The first kappa shape index (κ1) is 18.3. The summed E-state index contributed by atoms with van der Waals surface area (Å²) in [7, 11) is 0. The van der Waals surface area contributed by atoms with Gasteiger partial charge in [-0.25, -0.2) is 14.8 Å². The van der Waals surface area contributed by atoms with Crippen LogP contribution in [0.15, 0.2) is 42.7 Å². The molecule has 1 aliphatic rings. The van der Waals surface area contributed by atoms with Gasteiger partial charge in [-0.2, -0.15) is 0 Å². The normalized spacial score (nSPS) is 17.8. The smallest absolute Gasteiger partial charge is 0.322 e. The van der Waals surface area contributed by atoms with Gasteiger partial charge in [0.15, 0.2) is 0 Å². The van der Waals surface area contributed by atoms with Crippen LogP contribution in [0.4, 0.5) is 10.5 Å². The number of nitrogens with one attached hydrogen (secondary N) is 1. The Labute approximate surface area is 154 Å². The lowest BCUT2D eigenvalue weighted by Gasteiger charge is -2.33. The van der Waals surface area contributed by atoms with Crippen LogP contribution in [0.25, 0.3) is 0 Å². The number of hydrogen-bond donors (Lipinski definition) is 1. The minimum Gasteiger partial charge on any atom is -0.374 e. The molecular formula is C20H26N4O2. The Hall–Kier alpha value is -2.47. The lowest BCUT2D eigenvalue weighted by atomic mass is 9.96. The van der Waals surface area contributed by atoms with Crippen molar-refractivity contribution in [1.82, 2.24) is 14.9 Å². The summed E-state index contributed by atoms with van der Waals surface area (Å²) in [5.41, 5.74) is 1.71. The van der Waals surface area contributed by atoms with Gasteiger partial charge in [0.1, 0.15) is 5.82 Å². The summed E-state index contributed by atoms with van der Waals surface area (Å²) >= 11 is 0. The third kappa shape index (κ3) is 4.79. The Morgan fingerprint density at radius 3 is 2.58 bits per heavy atom. The molecular weight excluding hydrogens is 328 g/mol. The predicted octanol–water partition coefficient (Wildman–Crippen LogP) is 3.25. The summed E-state index contributed by atoms with van der Waals surface area (Å²) in [5.74, 6) is 0.754. The third-order valence-electron chi connectivity index (χ3n) is 4.31. The number of urea groups is 1. The minimum absolute atomic E-state index is 0.0106. The van der Waals surface area contributed by atoms with Gasteiger partial charge in [0, 0.05) is 24.9 Å². The van der Waals surface area contributed by atoms with Gasteiger partial charge in [0.2, 0.25) is 0 Å². The topological polar surface area (TPSA) is 67.4 Å². The highest BCUT2D eigenvalue weighted by Crippen LogP contribution is 2.18. The second-order valence-corrected chi connectivity index (χ2v) is 7.60. The van der Waals surface area contributed by atoms with Crippen LogP contribution < -0.4 is 5.32 Å². The van der Waals surface area contributed by atoms with Crippen molar-refractivity contribution in [3.8, 4) is 0 Å². The number of hydrogen-bond acceptors (Lipinski definition) is 4. The van der Waals surface area contributed by atoms with Crippen LogP contribution >= 0.6 is 0 Å². The number of anilines is 1. The third-order valence-corrected chi connectivity index (χ3v) is 4.31. The monoisotopic (exact) mass is 354 g/mol. The van der Waals surface area contributed by atoms with Crippen LogP contribution in [-0.4, -0.2) is 46.7 Å². The van der Waals surface area contributed by atoms with Crippen LogP contribution in [0.3, 0.4) is 0 Å². The maximum atomic E-state index is 12.6. The Balaban J connectivity index is 1.57. The number of ether oxygens (including phenoxy) is 1. The van der Waals surface area contributed by atoms with E-state index >= 15 is 0 Å². The molecule has 1 N–H and O–H groups in total. The van der Waals surface area contributed by atoms with Crippen molar-refractivity contribution in [2.45, 2.75) is 38.7 Å². The largest absolute Gasteiger partial charge is 0.374 e. The zero-order chi connectivity index (χ0) is 18.6. The highest BCUT2D eigenvalue weighted by Gasteiger charge is 2.25. The van der Waals surface area contributed by atoms with Gasteiger partial charge in [-0.05, 0) is 5.56 Å². The zero-order valence-corrected chi connectivity index (χ0v) is 15.6. The number of aromatic nitrogens is 2. The second kappa shape index (κ2) is 7.83. The van der Waals surface area contributed by atoms with Gasteiger partial charge in [0.25, 0.3) is 0 Å². The van der Waals surface area contributed by atoms with E-state index < -0.39 is 0 Å². The molecule has 1 aromatic heterocycles. The van der Waals surface area contributed by atoms with Crippen molar-refractivity contribution >= 4 is 11.7 Å². The molecule has 2 aromatic rings. The average Bonchev–Trinajstić information content (AvgIpc) is 2.62. The molecule has 1 aliphatic heterocycles. The van der Waals surface area contributed by atoms with E-state index in [0.29, 0.717) is 25.4 Å². The first-order valence-corrected chi connectivity index (χ1v) is 8.96. The Bertz CT molecular complexity index is 726. The summed E-state index contributed by atoms with van der Waals surface area (Å²) in [6.07, 6.45) is 4.13. The number of amides is 2. The van der Waals surface area contributed by atoms with E-state index in [1.807, 2.05) is 18.2 Å². The molecule has 138 valence electrons. The number of nitrogens with zero attached hydrogens (tertiary/aromatic N) is 3. The molecule has 0 bridgehead atoms. The van der Waals surface area contributed by atoms with E-state index in [2.05, 4.69) is 48.2 Å². The van der Waals surface area contributed by atoms with Gasteiger partial charge < -0.3 is 15.0 Å². The van der Waals surface area contributed by atoms with Crippen molar-refractivity contribution in [2.24, 2.45) is 0 Å². The number of benzene rings is 1. The van der Waals surface area contributed by atoms with Crippen LogP contribution in [0, 0.1) is 0 Å². The maximum Gasteiger partial charge on any atom is 0.322 e. The van der Waals surface area contributed by atoms with Gasteiger partial charge >= 0.3 is 6.03 Å². The molecule has 0 spiro atoms. The molecule has 0 saturated carbocycles. The van der Waals surface area contributed by atoms with E-state index in [1.54, 1.807) is 17.3 Å². The molecule has 1 fully saturated rings. The molecule has 1 atom stereocenters. The Morgan fingerprint density at radius 2 is 1.92 bits per heavy atom. The van der Waals surface area contributed by atoms with Gasteiger partial charge in [-0.3, -0.25) is 0 Å². The first-order valence-electron chi connectivity index (χ1n) is 8.96. The summed E-state index contributed by atoms with van der Waals surface area (Å²) in [6, 6.07) is 10.1. The highest BCUT2D eigenvalue weighted by molar-refractivity contribution is 5.89. The Kier molecular flexibility index (Phi) is 5.52. The fraction of sp³-hybridized carbons (Fsp3) is 0.450. The second-order valence-electron chi connectivity index (χ2n) is 7.60. The molecule has 2 heterocycles. The zero-order valence-electron chi connectivity index (χ0n) is 15.6. The maximum absolute atomic E-state index is 12.6. The quantitative estimate of drug-likeness (QED) is 0.919. The average molecular weight is 354 g/mol. The van der Waals surface area contributed by atoms with Crippen LogP contribution in [0.2, 0.25) is 0 Å². The van der Waals surface area contributed by atoms with Crippen molar-refractivity contribution in [3.63, 3.8) is 0 Å². The predicted molar refractivity (Wildman–Crippen MR) is 101 cm³/mol. The van der Waals surface area contributed by atoms with Crippen molar-refractivity contribution in [3.05, 3.63) is 54.1 Å². The minimum atomic E-state index is -0.140. The van der Waals surface area contributed by atoms with Crippen LogP contribution in [0.5, 0.6) is 0 Å². The number of morpholine rings is 1. The van der Waals surface area contributed by atoms with Crippen molar-refractivity contribution in [2.75, 3.05) is 25.0 Å². The first-order chi connectivity index (χ1) is 12.4. The summed E-state index contributed by atoms with van der Waals surface area (Å²) in [5, 5.41) is 2.88. The number of carbonyl (C=O) groups is 1. The Morgan fingerprint density at radius 1 is 1.23 bits per heavy atom. The van der Waals surface area contributed by atoms with Gasteiger partial charge in [0.05, 0.1) is 30.8 Å². The summed E-state index contributed by atoms with van der Waals surface area (Å²) < 4.78 is 5.82. The lowest BCUT2D eigenvalue weighted by Crippen LogP contribution is -2.48. The molecule has 6 nitrogen and oxygen atoms in total. The highest BCUT2D eigenvalue weighted by atomic mass is 16.5. The van der Waals surface area contributed by atoms with E-state index in [4.69, 9.17) is 4.74 Å². The number of carbonyl (C=O) groups excluding carboxylic acids is 1. The van der Waals surface area contributed by atoms with Crippen LogP contribution in [-0.2, 0) is 16.6 Å². The van der Waals surface area contributed by atoms with E-state index in [1.165, 1.54) is 5.56 Å². The van der Waals surface area contributed by atoms with E-state index in [0.717, 1.165) is 12.2 Å². The fourth-order valence-electron chi connectivity index (χ4n) is 2.89. The van der Waals surface area contributed by atoms with E-state index in [9.17, 15) is 4.79 Å².